The Balaban J connectivity index is 1.58. The van der Waals surface area contributed by atoms with Crippen molar-refractivity contribution >= 4 is 0 Å². The van der Waals surface area contributed by atoms with Crippen LogP contribution in [-0.2, 0) is 5.41 Å². The summed E-state index contributed by atoms with van der Waals surface area (Å²) in [5.74, 6) is 0.778. The van der Waals surface area contributed by atoms with Crippen LogP contribution in [0, 0.1) is 16.7 Å². The number of benzene rings is 1. The molecule has 0 aliphatic heterocycles. The third kappa shape index (κ3) is 4.50. The van der Waals surface area contributed by atoms with Crippen molar-refractivity contribution in [3.8, 4) is 11.8 Å². The van der Waals surface area contributed by atoms with Gasteiger partial charge in [0.1, 0.15) is 11.8 Å². The van der Waals surface area contributed by atoms with Gasteiger partial charge >= 0.3 is 0 Å². The van der Waals surface area contributed by atoms with Gasteiger partial charge in [-0.25, -0.2) is 0 Å². The first-order chi connectivity index (χ1) is 13.2. The minimum absolute atomic E-state index is 0.320. The van der Waals surface area contributed by atoms with Crippen LogP contribution in [0.15, 0.2) is 18.2 Å². The van der Waals surface area contributed by atoms with Crippen molar-refractivity contribution in [1.82, 2.24) is 0 Å². The van der Waals surface area contributed by atoms with Gasteiger partial charge in [0.2, 0.25) is 0 Å². The molecule has 0 N–H and O–H groups in total. The SMILES string of the molecule is CCCCCCCCOc1ccc(C23CCC(CC)(CC2)CC3)cc1C#N. The Morgan fingerprint density at radius 2 is 1.59 bits per heavy atom. The van der Waals surface area contributed by atoms with Crippen molar-refractivity contribution in [1.29, 1.82) is 5.26 Å². The first-order valence-corrected chi connectivity index (χ1v) is 11.3. The van der Waals surface area contributed by atoms with E-state index in [-0.39, 0.29) is 0 Å². The van der Waals surface area contributed by atoms with E-state index in [0.29, 0.717) is 10.8 Å². The molecule has 0 radical (unpaired) electrons. The second-order valence-corrected chi connectivity index (χ2v) is 9.07. The van der Waals surface area contributed by atoms with Crippen molar-refractivity contribution in [2.45, 2.75) is 103 Å². The van der Waals surface area contributed by atoms with E-state index in [9.17, 15) is 5.26 Å². The summed E-state index contributed by atoms with van der Waals surface area (Å²) in [6.45, 7) is 5.34. The predicted octanol–water partition coefficient (Wildman–Crippen LogP) is 7.30. The largest absolute Gasteiger partial charge is 0.492 e. The van der Waals surface area contributed by atoms with E-state index in [0.717, 1.165) is 24.3 Å². The van der Waals surface area contributed by atoms with E-state index in [4.69, 9.17) is 4.74 Å². The third-order valence-electron chi connectivity index (χ3n) is 7.62. The number of nitrogens with zero attached hydrogens (tertiary/aromatic N) is 1. The number of ether oxygens (including phenoxy) is 1. The number of fused-ring (bicyclic) bond motifs is 3. The van der Waals surface area contributed by atoms with Gasteiger partial charge in [0.15, 0.2) is 0 Å². The molecule has 27 heavy (non-hydrogen) atoms. The molecule has 148 valence electrons. The Labute approximate surface area is 166 Å². The number of hydrogen-bond donors (Lipinski definition) is 0. The monoisotopic (exact) mass is 367 g/mol. The maximum atomic E-state index is 9.66. The Bertz CT molecular complexity index is 632. The Kier molecular flexibility index (Phi) is 6.85. The average Bonchev–Trinajstić information content (AvgIpc) is 2.74. The van der Waals surface area contributed by atoms with Crippen molar-refractivity contribution < 1.29 is 4.74 Å². The Morgan fingerprint density at radius 3 is 2.22 bits per heavy atom. The molecule has 0 aromatic heterocycles. The van der Waals surface area contributed by atoms with Gasteiger partial charge in [-0.2, -0.15) is 5.26 Å². The zero-order chi connectivity index (χ0) is 19.2. The van der Waals surface area contributed by atoms with E-state index >= 15 is 0 Å². The van der Waals surface area contributed by atoms with Crippen LogP contribution in [0.1, 0.15) is 108 Å². The van der Waals surface area contributed by atoms with Crippen molar-refractivity contribution in [3.05, 3.63) is 29.3 Å². The zero-order valence-electron chi connectivity index (χ0n) is 17.5. The number of hydrogen-bond acceptors (Lipinski definition) is 2. The smallest absolute Gasteiger partial charge is 0.137 e. The van der Waals surface area contributed by atoms with Crippen molar-refractivity contribution in [3.63, 3.8) is 0 Å². The topological polar surface area (TPSA) is 33.0 Å². The molecule has 3 saturated carbocycles. The molecule has 0 saturated heterocycles. The number of rotatable bonds is 10. The maximum Gasteiger partial charge on any atom is 0.137 e. The summed E-state index contributed by atoms with van der Waals surface area (Å²) in [6, 6.07) is 8.85. The maximum absolute atomic E-state index is 9.66. The number of unbranched alkanes of at least 4 members (excludes halogenated alkanes) is 5. The summed E-state index contributed by atoms with van der Waals surface area (Å²) in [7, 11) is 0. The highest BCUT2D eigenvalue weighted by Crippen LogP contribution is 2.59. The molecule has 2 bridgehead atoms. The van der Waals surface area contributed by atoms with Crippen LogP contribution in [0.5, 0.6) is 5.75 Å². The molecule has 2 nitrogen and oxygen atoms in total. The van der Waals surface area contributed by atoms with Gasteiger partial charge in [0.25, 0.3) is 0 Å². The molecular formula is C25H37NO. The van der Waals surface area contributed by atoms with Crippen LogP contribution < -0.4 is 4.74 Å². The molecule has 3 fully saturated rings. The number of nitriles is 1. The van der Waals surface area contributed by atoms with E-state index in [1.54, 1.807) is 0 Å². The lowest BCUT2D eigenvalue weighted by atomic mass is 9.51. The molecule has 0 heterocycles. The fraction of sp³-hybridized carbons (Fsp3) is 0.720. The second-order valence-electron chi connectivity index (χ2n) is 9.07. The van der Waals surface area contributed by atoms with Crippen LogP contribution in [-0.4, -0.2) is 6.61 Å². The lowest BCUT2D eigenvalue weighted by molar-refractivity contribution is 0.0366. The normalized spacial score (nSPS) is 26.7. The summed E-state index contributed by atoms with van der Waals surface area (Å²) in [6.07, 6.45) is 16.9. The average molecular weight is 368 g/mol. The second kappa shape index (κ2) is 9.13. The van der Waals surface area contributed by atoms with Gasteiger partial charge in [0.05, 0.1) is 12.2 Å². The first-order valence-electron chi connectivity index (χ1n) is 11.3. The van der Waals surface area contributed by atoms with E-state index < -0.39 is 0 Å². The van der Waals surface area contributed by atoms with Crippen LogP contribution in [0.2, 0.25) is 0 Å². The summed E-state index contributed by atoms with van der Waals surface area (Å²) < 4.78 is 5.96. The summed E-state index contributed by atoms with van der Waals surface area (Å²) in [4.78, 5) is 0. The summed E-state index contributed by atoms with van der Waals surface area (Å²) in [5, 5.41) is 9.66. The van der Waals surface area contributed by atoms with Gasteiger partial charge in [-0.3, -0.25) is 0 Å². The molecule has 2 heteroatoms. The first kappa shape index (κ1) is 20.2. The minimum Gasteiger partial charge on any atom is -0.492 e. The Morgan fingerprint density at radius 1 is 0.926 bits per heavy atom. The van der Waals surface area contributed by atoms with Gasteiger partial charge in [-0.15, -0.1) is 0 Å². The highest BCUT2D eigenvalue weighted by Gasteiger charge is 2.48. The molecule has 0 spiro atoms. The molecule has 0 amide bonds. The fourth-order valence-electron chi connectivity index (χ4n) is 5.36. The van der Waals surface area contributed by atoms with Crippen molar-refractivity contribution in [2.75, 3.05) is 6.61 Å². The van der Waals surface area contributed by atoms with E-state index in [1.807, 2.05) is 0 Å². The predicted molar refractivity (Wildman–Crippen MR) is 112 cm³/mol. The van der Waals surface area contributed by atoms with Crippen LogP contribution >= 0.6 is 0 Å². The van der Waals surface area contributed by atoms with E-state index in [1.165, 1.54) is 82.6 Å². The van der Waals surface area contributed by atoms with Crippen LogP contribution in [0.4, 0.5) is 0 Å². The highest BCUT2D eigenvalue weighted by molar-refractivity contribution is 5.47. The highest BCUT2D eigenvalue weighted by atomic mass is 16.5. The van der Waals surface area contributed by atoms with Crippen LogP contribution in [0.25, 0.3) is 0 Å². The molecule has 0 unspecified atom stereocenters. The van der Waals surface area contributed by atoms with Gasteiger partial charge in [-0.1, -0.05) is 58.4 Å². The molecule has 1 aromatic carbocycles. The van der Waals surface area contributed by atoms with Gasteiger partial charge in [0, 0.05) is 0 Å². The molecule has 3 aliphatic rings. The third-order valence-corrected chi connectivity index (χ3v) is 7.62. The van der Waals surface area contributed by atoms with Crippen LogP contribution in [0.3, 0.4) is 0 Å². The fourth-order valence-corrected chi connectivity index (χ4v) is 5.36. The molecule has 3 aliphatic carbocycles. The van der Waals surface area contributed by atoms with Crippen molar-refractivity contribution in [2.24, 2.45) is 5.41 Å². The summed E-state index contributed by atoms with van der Waals surface area (Å²) >= 11 is 0. The Hall–Kier alpha value is -1.49. The lowest BCUT2D eigenvalue weighted by Crippen LogP contribution is -2.43. The molecule has 4 rings (SSSR count). The summed E-state index contributed by atoms with van der Waals surface area (Å²) in [5.41, 5.74) is 3.06. The quantitative estimate of drug-likeness (QED) is 0.406. The van der Waals surface area contributed by atoms with E-state index in [2.05, 4.69) is 38.1 Å². The minimum atomic E-state index is 0.320. The lowest BCUT2D eigenvalue weighted by Gasteiger charge is -2.54. The molecular weight excluding hydrogens is 330 g/mol. The van der Waals surface area contributed by atoms with Gasteiger partial charge in [-0.05, 0) is 73.5 Å². The standard InChI is InChI=1S/C25H37NO/c1-3-5-6-7-8-9-18-27-23-11-10-22(19-21(23)20-26)25-15-12-24(4-2,13-16-25)14-17-25/h10-11,19H,3-9,12-18H2,1-2H3. The molecule has 0 atom stereocenters. The molecule has 1 aromatic rings. The zero-order valence-corrected chi connectivity index (χ0v) is 17.5. The van der Waals surface area contributed by atoms with Gasteiger partial charge < -0.3 is 4.74 Å².